The number of anilines is 2. The molecule has 0 saturated heterocycles. The summed E-state index contributed by atoms with van der Waals surface area (Å²) in [5, 5.41) is 21.3. The number of carbonyl (C=O) groups is 1. The normalized spacial score (nSPS) is 10.4. The molecular weight excluding hydrogens is 330 g/mol. The summed E-state index contributed by atoms with van der Waals surface area (Å²) in [5.74, 6) is -0.368. The van der Waals surface area contributed by atoms with Crippen LogP contribution in [-0.4, -0.2) is 21.3 Å². The number of carboxylic acid groups (broad SMARTS) is 1. The van der Waals surface area contributed by atoms with Crippen molar-refractivity contribution in [1.82, 2.24) is 10.2 Å². The van der Waals surface area contributed by atoms with Crippen LogP contribution in [0.1, 0.15) is 15.9 Å². The van der Waals surface area contributed by atoms with Gasteiger partial charge in [-0.3, -0.25) is 0 Å². The molecular formula is C16H13N3O2S2. The molecule has 3 rings (SSSR count). The molecule has 7 heteroatoms. The third-order valence-electron chi connectivity index (χ3n) is 3.03. The largest absolute Gasteiger partial charge is 0.478 e. The molecule has 116 valence electrons. The summed E-state index contributed by atoms with van der Waals surface area (Å²) >= 11 is 2.92. The van der Waals surface area contributed by atoms with E-state index in [1.807, 2.05) is 42.5 Å². The van der Waals surface area contributed by atoms with Crippen LogP contribution in [0, 0.1) is 0 Å². The molecule has 0 aliphatic heterocycles. The van der Waals surface area contributed by atoms with Crippen molar-refractivity contribution in [2.24, 2.45) is 0 Å². The predicted octanol–water partition coefficient (Wildman–Crippen LogP) is 4.27. The van der Waals surface area contributed by atoms with E-state index in [2.05, 4.69) is 15.5 Å². The molecule has 0 atom stereocenters. The molecule has 0 unspecified atom stereocenters. The quantitative estimate of drug-likeness (QED) is 0.651. The van der Waals surface area contributed by atoms with Crippen molar-refractivity contribution in [3.63, 3.8) is 0 Å². The topological polar surface area (TPSA) is 75.1 Å². The molecule has 2 N–H and O–H groups in total. The third kappa shape index (κ3) is 4.08. The fourth-order valence-electron chi connectivity index (χ4n) is 1.96. The number of rotatable bonds is 6. The van der Waals surface area contributed by atoms with Crippen LogP contribution in [0.5, 0.6) is 0 Å². The molecule has 5 nitrogen and oxygen atoms in total. The summed E-state index contributed by atoms with van der Waals surface area (Å²) in [5.41, 5.74) is 2.06. The van der Waals surface area contributed by atoms with Gasteiger partial charge >= 0.3 is 5.97 Å². The standard InChI is InChI=1S/C16H13N3O2S2/c20-14(21)13-9-5-4-6-11(13)10-22-16-19-18-15(23-16)17-12-7-2-1-3-8-12/h1-9H,10H2,(H,17,18)(H,20,21). The maximum Gasteiger partial charge on any atom is 0.335 e. The Kier molecular flexibility index (Phi) is 4.89. The van der Waals surface area contributed by atoms with Gasteiger partial charge in [0.25, 0.3) is 0 Å². The fraction of sp³-hybridized carbons (Fsp3) is 0.0625. The first-order chi connectivity index (χ1) is 11.2. The molecule has 1 aromatic heterocycles. The Morgan fingerprint density at radius 2 is 1.83 bits per heavy atom. The first-order valence-corrected chi connectivity index (χ1v) is 8.62. The Morgan fingerprint density at radius 1 is 1.09 bits per heavy atom. The summed E-state index contributed by atoms with van der Waals surface area (Å²) < 4.78 is 0.795. The summed E-state index contributed by atoms with van der Waals surface area (Å²) in [6.07, 6.45) is 0. The number of aromatic nitrogens is 2. The molecule has 0 aliphatic carbocycles. The molecule has 0 fully saturated rings. The zero-order valence-electron chi connectivity index (χ0n) is 12.0. The highest BCUT2D eigenvalue weighted by molar-refractivity contribution is 8.00. The summed E-state index contributed by atoms with van der Waals surface area (Å²) in [6, 6.07) is 16.8. The van der Waals surface area contributed by atoms with Gasteiger partial charge < -0.3 is 10.4 Å². The van der Waals surface area contributed by atoms with Gasteiger partial charge in [-0.1, -0.05) is 59.5 Å². The van der Waals surface area contributed by atoms with Crippen LogP contribution >= 0.6 is 23.1 Å². The molecule has 0 aliphatic rings. The lowest BCUT2D eigenvalue weighted by molar-refractivity contribution is 0.0696. The molecule has 0 amide bonds. The number of hydrogen-bond donors (Lipinski definition) is 2. The zero-order chi connectivity index (χ0) is 16.1. The maximum atomic E-state index is 11.2. The molecule has 0 bridgehead atoms. The second-order valence-electron chi connectivity index (χ2n) is 4.62. The number of benzene rings is 2. The molecule has 3 aromatic rings. The lowest BCUT2D eigenvalue weighted by atomic mass is 10.1. The van der Waals surface area contributed by atoms with Gasteiger partial charge in [0.05, 0.1) is 5.56 Å². The van der Waals surface area contributed by atoms with E-state index in [1.54, 1.807) is 12.1 Å². The monoisotopic (exact) mass is 343 g/mol. The molecule has 2 aromatic carbocycles. The van der Waals surface area contributed by atoms with Gasteiger partial charge in [0.2, 0.25) is 5.13 Å². The molecule has 0 radical (unpaired) electrons. The van der Waals surface area contributed by atoms with Crippen LogP contribution in [0.4, 0.5) is 10.8 Å². The van der Waals surface area contributed by atoms with Gasteiger partial charge in [-0.05, 0) is 23.8 Å². The summed E-state index contributed by atoms with van der Waals surface area (Å²) in [4.78, 5) is 11.2. The van der Waals surface area contributed by atoms with E-state index in [1.165, 1.54) is 23.1 Å². The molecule has 1 heterocycles. The zero-order valence-corrected chi connectivity index (χ0v) is 13.6. The summed E-state index contributed by atoms with van der Waals surface area (Å²) in [7, 11) is 0. The molecule has 23 heavy (non-hydrogen) atoms. The van der Waals surface area contributed by atoms with E-state index in [0.717, 1.165) is 15.6 Å². The maximum absolute atomic E-state index is 11.2. The Hall–Kier alpha value is -2.38. The first-order valence-electron chi connectivity index (χ1n) is 6.82. The van der Waals surface area contributed by atoms with Gasteiger partial charge in [-0.25, -0.2) is 4.79 Å². The van der Waals surface area contributed by atoms with Gasteiger partial charge in [-0.2, -0.15) is 0 Å². The van der Waals surface area contributed by atoms with E-state index < -0.39 is 5.97 Å². The predicted molar refractivity (Wildman–Crippen MR) is 92.6 cm³/mol. The van der Waals surface area contributed by atoms with E-state index in [9.17, 15) is 9.90 Å². The minimum absolute atomic E-state index is 0.326. The van der Waals surface area contributed by atoms with Gasteiger partial charge in [0, 0.05) is 11.4 Å². The number of thioether (sulfide) groups is 1. The van der Waals surface area contributed by atoms with Crippen molar-refractivity contribution in [2.75, 3.05) is 5.32 Å². The van der Waals surface area contributed by atoms with Gasteiger partial charge in [-0.15, -0.1) is 10.2 Å². The average molecular weight is 343 g/mol. The van der Waals surface area contributed by atoms with Gasteiger partial charge in [0.15, 0.2) is 4.34 Å². The van der Waals surface area contributed by atoms with Crippen LogP contribution in [0.3, 0.4) is 0 Å². The Morgan fingerprint density at radius 3 is 2.61 bits per heavy atom. The second-order valence-corrected chi connectivity index (χ2v) is 6.82. The minimum atomic E-state index is -0.912. The Balaban J connectivity index is 1.65. The van der Waals surface area contributed by atoms with Crippen molar-refractivity contribution in [3.05, 3.63) is 65.7 Å². The van der Waals surface area contributed by atoms with Gasteiger partial charge in [0.1, 0.15) is 0 Å². The molecule has 0 saturated carbocycles. The highest BCUT2D eigenvalue weighted by Crippen LogP contribution is 2.30. The van der Waals surface area contributed by atoms with Crippen LogP contribution in [0.25, 0.3) is 0 Å². The van der Waals surface area contributed by atoms with Crippen molar-refractivity contribution < 1.29 is 9.90 Å². The number of nitrogens with zero attached hydrogens (tertiary/aromatic N) is 2. The number of aromatic carboxylic acids is 1. The van der Waals surface area contributed by atoms with E-state index in [0.29, 0.717) is 16.4 Å². The van der Waals surface area contributed by atoms with Crippen molar-refractivity contribution >= 4 is 39.9 Å². The highest BCUT2D eigenvalue weighted by Gasteiger charge is 2.11. The SMILES string of the molecule is O=C(O)c1ccccc1CSc1nnc(Nc2ccccc2)s1. The Bertz CT molecular complexity index is 806. The van der Waals surface area contributed by atoms with Crippen molar-refractivity contribution in [1.29, 1.82) is 0 Å². The summed E-state index contributed by atoms with van der Waals surface area (Å²) in [6.45, 7) is 0. The van der Waals surface area contributed by atoms with Crippen molar-refractivity contribution in [2.45, 2.75) is 10.1 Å². The van der Waals surface area contributed by atoms with Crippen molar-refractivity contribution in [3.8, 4) is 0 Å². The number of hydrogen-bond acceptors (Lipinski definition) is 6. The van der Waals surface area contributed by atoms with Crippen LogP contribution in [0.15, 0.2) is 58.9 Å². The lowest BCUT2D eigenvalue weighted by Gasteiger charge is -2.03. The lowest BCUT2D eigenvalue weighted by Crippen LogP contribution is -2.00. The van der Waals surface area contributed by atoms with E-state index in [4.69, 9.17) is 0 Å². The van der Waals surface area contributed by atoms with Crippen LogP contribution in [-0.2, 0) is 5.75 Å². The smallest absolute Gasteiger partial charge is 0.335 e. The van der Waals surface area contributed by atoms with E-state index in [-0.39, 0.29) is 0 Å². The highest BCUT2D eigenvalue weighted by atomic mass is 32.2. The number of para-hydroxylation sites is 1. The molecule has 0 spiro atoms. The van der Waals surface area contributed by atoms with E-state index >= 15 is 0 Å². The Labute approximate surface area is 141 Å². The average Bonchev–Trinajstić information content (AvgIpc) is 3.01. The minimum Gasteiger partial charge on any atom is -0.478 e. The number of carboxylic acids is 1. The van der Waals surface area contributed by atoms with Crippen LogP contribution < -0.4 is 5.32 Å². The fourth-order valence-corrected chi connectivity index (χ4v) is 3.73. The van der Waals surface area contributed by atoms with Crippen LogP contribution in [0.2, 0.25) is 0 Å². The third-order valence-corrected chi connectivity index (χ3v) is 5.05. The first kappa shape index (κ1) is 15.5. The second kappa shape index (κ2) is 7.26. The number of nitrogens with one attached hydrogen (secondary N) is 1.